The number of nitrogens with zero attached hydrogens (tertiary/aromatic N) is 1. The Bertz CT molecular complexity index is 996. The lowest BCUT2D eigenvalue weighted by atomic mass is 10.1. The zero-order chi connectivity index (χ0) is 20.8. The summed E-state index contributed by atoms with van der Waals surface area (Å²) in [6, 6.07) is 14.4. The van der Waals surface area contributed by atoms with Gasteiger partial charge in [0, 0.05) is 17.5 Å². The number of thiazole rings is 1. The van der Waals surface area contributed by atoms with Crippen LogP contribution in [0.15, 0.2) is 53.9 Å². The predicted molar refractivity (Wildman–Crippen MR) is 113 cm³/mol. The molecular weight excluding hydrogens is 388 g/mol. The normalized spacial score (nSPS) is 10.6. The fraction of sp³-hybridized carbons (Fsp3) is 0.227. The quantitative estimate of drug-likeness (QED) is 0.578. The number of nitrogens with one attached hydrogen (secondary N) is 1. The molecule has 7 heteroatoms. The molecule has 0 radical (unpaired) electrons. The van der Waals surface area contributed by atoms with Gasteiger partial charge in [-0.3, -0.25) is 4.79 Å². The molecule has 0 spiro atoms. The van der Waals surface area contributed by atoms with Crippen LogP contribution < -0.4 is 10.1 Å². The van der Waals surface area contributed by atoms with E-state index in [4.69, 9.17) is 9.47 Å². The summed E-state index contributed by atoms with van der Waals surface area (Å²) in [6.07, 6.45) is 0.429. The number of hydrogen-bond acceptors (Lipinski definition) is 6. The maximum absolute atomic E-state index is 12.5. The van der Waals surface area contributed by atoms with E-state index in [-0.39, 0.29) is 12.0 Å². The number of benzene rings is 2. The van der Waals surface area contributed by atoms with Gasteiger partial charge in [-0.2, -0.15) is 0 Å². The van der Waals surface area contributed by atoms with Gasteiger partial charge in [0.1, 0.15) is 11.4 Å². The average molecular weight is 410 g/mol. The monoisotopic (exact) mass is 410 g/mol. The first kappa shape index (κ1) is 20.5. The van der Waals surface area contributed by atoms with E-state index in [1.165, 1.54) is 11.3 Å². The van der Waals surface area contributed by atoms with Crippen molar-refractivity contribution in [1.29, 1.82) is 0 Å². The van der Waals surface area contributed by atoms with Gasteiger partial charge in [0.05, 0.1) is 23.8 Å². The van der Waals surface area contributed by atoms with Crippen molar-refractivity contribution in [2.24, 2.45) is 0 Å². The fourth-order valence-corrected chi connectivity index (χ4v) is 3.42. The second-order valence-electron chi connectivity index (χ2n) is 6.64. The Labute approximate surface area is 173 Å². The molecule has 0 saturated carbocycles. The third-order valence-electron chi connectivity index (χ3n) is 4.00. The lowest BCUT2D eigenvalue weighted by Gasteiger charge is -2.09. The van der Waals surface area contributed by atoms with E-state index in [0.29, 0.717) is 23.4 Å². The zero-order valence-electron chi connectivity index (χ0n) is 16.5. The van der Waals surface area contributed by atoms with Crippen LogP contribution in [0.3, 0.4) is 0 Å². The van der Waals surface area contributed by atoms with Crippen LogP contribution in [0, 0.1) is 0 Å². The number of anilines is 1. The molecule has 0 aliphatic rings. The minimum Gasteiger partial charge on any atom is -0.497 e. The molecule has 0 atom stereocenters. The summed E-state index contributed by atoms with van der Waals surface area (Å²) < 4.78 is 10.3. The topological polar surface area (TPSA) is 77.5 Å². The highest BCUT2D eigenvalue weighted by Gasteiger charge is 2.14. The van der Waals surface area contributed by atoms with Crippen LogP contribution in [0.2, 0.25) is 0 Å². The number of rotatable bonds is 7. The zero-order valence-corrected chi connectivity index (χ0v) is 17.3. The second kappa shape index (κ2) is 9.34. The number of aromatic nitrogens is 1. The van der Waals surface area contributed by atoms with E-state index in [2.05, 4.69) is 10.3 Å². The van der Waals surface area contributed by atoms with Crippen LogP contribution in [0.4, 0.5) is 5.69 Å². The molecule has 1 amide bonds. The molecule has 0 bridgehead atoms. The molecule has 0 aliphatic heterocycles. The molecule has 150 valence electrons. The summed E-state index contributed by atoms with van der Waals surface area (Å²) >= 11 is 1.43. The van der Waals surface area contributed by atoms with Gasteiger partial charge in [0.25, 0.3) is 5.91 Å². The van der Waals surface area contributed by atoms with Crippen LogP contribution in [-0.4, -0.2) is 30.1 Å². The van der Waals surface area contributed by atoms with Crippen LogP contribution in [0.25, 0.3) is 0 Å². The molecule has 1 aromatic heterocycles. The van der Waals surface area contributed by atoms with Crippen molar-refractivity contribution in [2.45, 2.75) is 26.4 Å². The third-order valence-corrected chi connectivity index (χ3v) is 4.85. The number of esters is 1. The number of amides is 1. The van der Waals surface area contributed by atoms with Crippen LogP contribution in [-0.2, 0) is 11.2 Å². The number of methoxy groups -OCH3 is 1. The van der Waals surface area contributed by atoms with Gasteiger partial charge < -0.3 is 14.8 Å². The molecule has 3 rings (SSSR count). The van der Waals surface area contributed by atoms with E-state index in [0.717, 1.165) is 16.3 Å². The molecule has 1 heterocycles. The fourth-order valence-electron chi connectivity index (χ4n) is 2.62. The first-order chi connectivity index (χ1) is 13.9. The Balaban J connectivity index is 1.65. The molecule has 3 aromatic rings. The second-order valence-corrected chi connectivity index (χ2v) is 7.58. The Morgan fingerprint density at radius 2 is 1.90 bits per heavy atom. The summed E-state index contributed by atoms with van der Waals surface area (Å²) in [5.74, 6) is 0.0515. The first-order valence-electron chi connectivity index (χ1n) is 9.14. The number of carbonyl (C=O) groups is 2. The molecule has 0 fully saturated rings. The predicted octanol–water partition coefficient (Wildman–Crippen LogP) is 4.56. The van der Waals surface area contributed by atoms with Gasteiger partial charge in [-0.05, 0) is 49.7 Å². The van der Waals surface area contributed by atoms with Gasteiger partial charge in [-0.15, -0.1) is 11.3 Å². The van der Waals surface area contributed by atoms with Crippen LogP contribution in [0.5, 0.6) is 5.75 Å². The molecule has 0 saturated heterocycles. The lowest BCUT2D eigenvalue weighted by molar-refractivity contribution is 0.0377. The molecule has 6 nitrogen and oxygen atoms in total. The largest absolute Gasteiger partial charge is 0.497 e. The van der Waals surface area contributed by atoms with Crippen molar-refractivity contribution in [3.05, 3.63) is 75.7 Å². The van der Waals surface area contributed by atoms with Crippen molar-refractivity contribution in [3.8, 4) is 5.75 Å². The number of hydrogen-bond donors (Lipinski definition) is 1. The molecule has 1 N–H and O–H groups in total. The standard InChI is InChI=1S/C22H22N2O4S/c1-14(2)28-22(26)16-5-4-6-17(12-16)23-21(25)19-13-29-20(24-19)11-15-7-9-18(27-3)10-8-15/h4-10,12-14H,11H2,1-3H3,(H,23,25). The van der Waals surface area contributed by atoms with E-state index < -0.39 is 5.97 Å². The van der Waals surface area contributed by atoms with Gasteiger partial charge >= 0.3 is 5.97 Å². The summed E-state index contributed by atoms with van der Waals surface area (Å²) in [5, 5.41) is 5.35. The lowest BCUT2D eigenvalue weighted by Crippen LogP contribution is -2.14. The Morgan fingerprint density at radius 1 is 1.14 bits per heavy atom. The third kappa shape index (κ3) is 5.65. The van der Waals surface area contributed by atoms with Crippen molar-refractivity contribution >= 4 is 28.9 Å². The molecule has 0 aliphatic carbocycles. The van der Waals surface area contributed by atoms with E-state index >= 15 is 0 Å². The van der Waals surface area contributed by atoms with Crippen molar-refractivity contribution in [3.63, 3.8) is 0 Å². The summed E-state index contributed by atoms with van der Waals surface area (Å²) in [7, 11) is 1.63. The highest BCUT2D eigenvalue weighted by atomic mass is 32.1. The molecule has 0 unspecified atom stereocenters. The maximum atomic E-state index is 12.5. The Hall–Kier alpha value is -3.19. The summed E-state index contributed by atoms with van der Waals surface area (Å²) in [5.41, 5.74) is 2.32. The van der Waals surface area contributed by atoms with E-state index in [1.807, 2.05) is 24.3 Å². The van der Waals surface area contributed by atoms with Crippen molar-refractivity contribution in [2.75, 3.05) is 12.4 Å². The van der Waals surface area contributed by atoms with Gasteiger partial charge in [-0.1, -0.05) is 18.2 Å². The maximum Gasteiger partial charge on any atom is 0.338 e. The SMILES string of the molecule is COc1ccc(Cc2nc(C(=O)Nc3cccc(C(=O)OC(C)C)c3)cs2)cc1. The van der Waals surface area contributed by atoms with Crippen LogP contribution >= 0.6 is 11.3 Å². The average Bonchev–Trinajstić information content (AvgIpc) is 3.17. The van der Waals surface area contributed by atoms with Crippen molar-refractivity contribution < 1.29 is 19.1 Å². The highest BCUT2D eigenvalue weighted by Crippen LogP contribution is 2.19. The van der Waals surface area contributed by atoms with E-state index in [9.17, 15) is 9.59 Å². The van der Waals surface area contributed by atoms with Crippen LogP contribution in [0.1, 0.15) is 45.3 Å². The smallest absolute Gasteiger partial charge is 0.338 e. The number of carbonyl (C=O) groups excluding carboxylic acids is 2. The summed E-state index contributed by atoms with van der Waals surface area (Å²) in [4.78, 5) is 29.0. The first-order valence-corrected chi connectivity index (χ1v) is 10.0. The molecule has 2 aromatic carbocycles. The van der Waals surface area contributed by atoms with Gasteiger partial charge in [0.15, 0.2) is 0 Å². The Morgan fingerprint density at radius 3 is 2.59 bits per heavy atom. The Kier molecular flexibility index (Phi) is 6.61. The van der Waals surface area contributed by atoms with E-state index in [1.54, 1.807) is 50.6 Å². The summed E-state index contributed by atoms with van der Waals surface area (Å²) in [6.45, 7) is 3.57. The molecular formula is C22H22N2O4S. The number of ether oxygens (including phenoxy) is 2. The van der Waals surface area contributed by atoms with Crippen molar-refractivity contribution in [1.82, 2.24) is 4.98 Å². The van der Waals surface area contributed by atoms with Gasteiger partial charge in [-0.25, -0.2) is 9.78 Å². The van der Waals surface area contributed by atoms with Gasteiger partial charge in [0.2, 0.25) is 0 Å². The minimum absolute atomic E-state index is 0.208. The minimum atomic E-state index is -0.425. The molecule has 29 heavy (non-hydrogen) atoms. The highest BCUT2D eigenvalue weighted by molar-refractivity contribution is 7.09.